The molecule has 6 nitrogen and oxygen atoms in total. The fourth-order valence-electron chi connectivity index (χ4n) is 8.47. The van der Waals surface area contributed by atoms with Crippen LogP contribution >= 0.6 is 0 Å². The van der Waals surface area contributed by atoms with Crippen molar-refractivity contribution in [3.63, 3.8) is 0 Å². The number of unbranched alkanes of at least 4 members (excludes halogenated alkanes) is 28. The lowest BCUT2D eigenvalue weighted by molar-refractivity contribution is -0.167. The molecule has 0 N–H and O–H groups in total. The maximum atomic E-state index is 12.9. The third-order valence-corrected chi connectivity index (χ3v) is 13.1. The molecule has 1 atom stereocenters. The van der Waals surface area contributed by atoms with Crippen molar-refractivity contribution in [2.75, 3.05) is 13.2 Å². The van der Waals surface area contributed by atoms with Gasteiger partial charge in [-0.2, -0.15) is 0 Å². The van der Waals surface area contributed by atoms with Crippen LogP contribution in [0.25, 0.3) is 0 Å². The molecule has 0 heterocycles. The first-order valence-corrected chi connectivity index (χ1v) is 30.9. The maximum Gasteiger partial charge on any atom is 0.306 e. The molecule has 0 amide bonds. The van der Waals surface area contributed by atoms with E-state index in [0.29, 0.717) is 19.3 Å². The summed E-state index contributed by atoms with van der Waals surface area (Å²) in [6.07, 6.45) is 83.6. The van der Waals surface area contributed by atoms with E-state index in [9.17, 15) is 14.4 Å². The van der Waals surface area contributed by atoms with Crippen LogP contribution in [0, 0.1) is 0 Å². The summed E-state index contributed by atoms with van der Waals surface area (Å²) >= 11 is 0. The van der Waals surface area contributed by atoms with Crippen molar-refractivity contribution in [1.82, 2.24) is 0 Å². The molecule has 1 unspecified atom stereocenters. The van der Waals surface area contributed by atoms with Crippen molar-refractivity contribution in [3.8, 4) is 0 Å². The SMILES string of the molecule is CC/C=C\C/C=C\C/C=C\CCCCCCCCCCCC(=O)OCC(COC(=O)CCCCCCC\C=C/C=C\C=C/CCCCCCC)OC(=O)CCCCCCCCCCC/C=C\C/C=C\C/C=C\CC. The van der Waals surface area contributed by atoms with Crippen LogP contribution < -0.4 is 0 Å². The van der Waals surface area contributed by atoms with Gasteiger partial charge in [-0.05, 0) is 109 Å². The average Bonchev–Trinajstić information content (AvgIpc) is 3.40. The summed E-state index contributed by atoms with van der Waals surface area (Å²) in [5.74, 6) is -0.915. The highest BCUT2D eigenvalue weighted by atomic mass is 16.6. The highest BCUT2D eigenvalue weighted by molar-refractivity contribution is 5.71. The molecular weight excluding hydrogens is 913 g/mol. The lowest BCUT2D eigenvalue weighted by Gasteiger charge is -2.18. The molecule has 422 valence electrons. The molecule has 0 saturated heterocycles. The van der Waals surface area contributed by atoms with E-state index in [1.54, 1.807) is 0 Å². The van der Waals surface area contributed by atoms with E-state index in [0.717, 1.165) is 128 Å². The van der Waals surface area contributed by atoms with Crippen LogP contribution in [0.5, 0.6) is 0 Å². The van der Waals surface area contributed by atoms with Gasteiger partial charge in [0.15, 0.2) is 6.10 Å². The molecule has 6 heteroatoms. The Morgan fingerprint density at radius 1 is 0.297 bits per heavy atom. The van der Waals surface area contributed by atoms with Crippen molar-refractivity contribution in [3.05, 3.63) is 109 Å². The Bertz CT molecular complexity index is 1510. The molecule has 0 saturated carbocycles. The summed E-state index contributed by atoms with van der Waals surface area (Å²) in [5, 5.41) is 0. The Labute approximate surface area is 457 Å². The number of carbonyl (C=O) groups is 3. The Morgan fingerprint density at radius 2 is 0.581 bits per heavy atom. The number of rotatable bonds is 55. The van der Waals surface area contributed by atoms with Gasteiger partial charge in [0, 0.05) is 19.3 Å². The molecule has 0 spiro atoms. The van der Waals surface area contributed by atoms with Gasteiger partial charge >= 0.3 is 17.9 Å². The van der Waals surface area contributed by atoms with Crippen LogP contribution in [0.4, 0.5) is 0 Å². The van der Waals surface area contributed by atoms with Gasteiger partial charge in [0.25, 0.3) is 0 Å². The summed E-state index contributed by atoms with van der Waals surface area (Å²) in [6.45, 7) is 6.40. The summed E-state index contributed by atoms with van der Waals surface area (Å²) in [6, 6.07) is 0. The highest BCUT2D eigenvalue weighted by Crippen LogP contribution is 2.15. The first-order chi connectivity index (χ1) is 36.5. The normalized spacial score (nSPS) is 12.9. The van der Waals surface area contributed by atoms with E-state index in [1.807, 2.05) is 0 Å². The van der Waals surface area contributed by atoms with Crippen LogP contribution in [0.1, 0.15) is 284 Å². The Morgan fingerprint density at radius 3 is 0.932 bits per heavy atom. The Hall–Kier alpha value is -3.93. The monoisotopic (exact) mass is 1030 g/mol. The zero-order valence-corrected chi connectivity index (χ0v) is 48.3. The molecule has 0 aliphatic heterocycles. The number of hydrogen-bond acceptors (Lipinski definition) is 6. The average molecular weight is 1030 g/mol. The van der Waals surface area contributed by atoms with Crippen molar-refractivity contribution < 1.29 is 28.6 Å². The molecule has 0 rings (SSSR count). The van der Waals surface area contributed by atoms with E-state index in [2.05, 4.69) is 130 Å². The Kier molecular flexibility index (Phi) is 58.3. The van der Waals surface area contributed by atoms with Crippen molar-refractivity contribution in [2.24, 2.45) is 0 Å². The third-order valence-electron chi connectivity index (χ3n) is 13.1. The van der Waals surface area contributed by atoms with E-state index >= 15 is 0 Å². The fourth-order valence-corrected chi connectivity index (χ4v) is 8.47. The second kappa shape index (κ2) is 61.6. The van der Waals surface area contributed by atoms with Gasteiger partial charge in [-0.3, -0.25) is 14.4 Å². The largest absolute Gasteiger partial charge is 0.462 e. The number of ether oxygens (including phenoxy) is 3. The van der Waals surface area contributed by atoms with E-state index in [1.165, 1.54) is 116 Å². The van der Waals surface area contributed by atoms with Crippen LogP contribution in [0.2, 0.25) is 0 Å². The molecule has 0 aliphatic carbocycles. The first-order valence-electron chi connectivity index (χ1n) is 30.9. The van der Waals surface area contributed by atoms with Crippen LogP contribution in [0.15, 0.2) is 109 Å². The highest BCUT2D eigenvalue weighted by Gasteiger charge is 2.19. The zero-order chi connectivity index (χ0) is 53.6. The summed E-state index contributed by atoms with van der Waals surface area (Å²) in [4.78, 5) is 38.3. The lowest BCUT2D eigenvalue weighted by atomic mass is 10.1. The Balaban J connectivity index is 4.44. The van der Waals surface area contributed by atoms with Gasteiger partial charge in [-0.25, -0.2) is 0 Å². The third kappa shape index (κ3) is 59.0. The van der Waals surface area contributed by atoms with Gasteiger partial charge in [0.1, 0.15) is 13.2 Å². The minimum absolute atomic E-state index is 0.0907. The summed E-state index contributed by atoms with van der Waals surface area (Å²) in [5.41, 5.74) is 0. The second-order valence-corrected chi connectivity index (χ2v) is 20.3. The number of esters is 3. The van der Waals surface area contributed by atoms with Gasteiger partial charge in [0.05, 0.1) is 0 Å². The smallest absolute Gasteiger partial charge is 0.306 e. The van der Waals surface area contributed by atoms with Crippen molar-refractivity contribution in [1.29, 1.82) is 0 Å². The van der Waals surface area contributed by atoms with E-state index in [4.69, 9.17) is 14.2 Å². The number of hydrogen-bond donors (Lipinski definition) is 0. The topological polar surface area (TPSA) is 78.9 Å². The standard InChI is InChI=1S/C68H114O6/c1-4-7-10-13-16-19-22-25-28-31-34-37-40-43-46-49-52-55-58-61-67(70)73-64-65(63-72-66(69)60-57-54-51-48-45-42-39-36-33-30-27-24-21-18-15-12-9-6-3)74-68(71)62-59-56-53-50-47-44-41-38-35-32-29-26-23-20-17-14-11-8-5-2/h7-8,10-11,16-17,19-20,24-30,33,36,39,65H,4-6,9,12-15,18,21-23,31-32,34-35,37-38,40-64H2,1-3H3/b10-7-,11-8-,19-16-,20-17-,27-24-,28-25-,29-26-,33-30-,39-36-. The zero-order valence-electron chi connectivity index (χ0n) is 48.3. The molecule has 0 radical (unpaired) electrons. The van der Waals surface area contributed by atoms with Gasteiger partial charge in [0.2, 0.25) is 0 Å². The molecule has 0 bridgehead atoms. The number of carbonyl (C=O) groups excluding carboxylic acids is 3. The predicted molar refractivity (Wildman–Crippen MR) is 320 cm³/mol. The minimum Gasteiger partial charge on any atom is -0.462 e. The first kappa shape index (κ1) is 70.1. The van der Waals surface area contributed by atoms with Crippen molar-refractivity contribution in [2.45, 2.75) is 290 Å². The molecule has 0 aromatic heterocycles. The van der Waals surface area contributed by atoms with Gasteiger partial charge in [-0.15, -0.1) is 0 Å². The summed E-state index contributed by atoms with van der Waals surface area (Å²) < 4.78 is 16.9. The van der Waals surface area contributed by atoms with Crippen LogP contribution in [0.3, 0.4) is 0 Å². The lowest BCUT2D eigenvalue weighted by Crippen LogP contribution is -2.30. The second-order valence-electron chi connectivity index (χ2n) is 20.3. The van der Waals surface area contributed by atoms with E-state index < -0.39 is 6.10 Å². The predicted octanol–water partition coefficient (Wildman–Crippen LogP) is 21.0. The van der Waals surface area contributed by atoms with Gasteiger partial charge in [-0.1, -0.05) is 265 Å². The van der Waals surface area contributed by atoms with E-state index in [-0.39, 0.29) is 31.1 Å². The molecule has 0 aliphatic rings. The molecular formula is C68H114O6. The molecule has 74 heavy (non-hydrogen) atoms. The van der Waals surface area contributed by atoms with Gasteiger partial charge < -0.3 is 14.2 Å². The van der Waals surface area contributed by atoms with Crippen molar-refractivity contribution >= 4 is 17.9 Å². The quantitative estimate of drug-likeness (QED) is 0.0199. The molecule has 0 aromatic carbocycles. The fraction of sp³-hybridized carbons (Fsp3) is 0.691. The minimum atomic E-state index is -0.795. The molecule has 0 aromatic rings. The van der Waals surface area contributed by atoms with Crippen LogP contribution in [-0.2, 0) is 28.6 Å². The van der Waals surface area contributed by atoms with Crippen LogP contribution in [-0.4, -0.2) is 37.2 Å². The summed E-state index contributed by atoms with van der Waals surface area (Å²) in [7, 11) is 0. The maximum absolute atomic E-state index is 12.9. The number of allylic oxidation sites excluding steroid dienone is 18. The molecule has 0 fully saturated rings.